The first-order chi connectivity index (χ1) is 10.9. The van der Waals surface area contributed by atoms with Gasteiger partial charge in [-0.2, -0.15) is 0 Å². The van der Waals surface area contributed by atoms with Gasteiger partial charge in [-0.25, -0.2) is 9.78 Å². The topological polar surface area (TPSA) is 100 Å². The van der Waals surface area contributed by atoms with Crippen LogP contribution in [0.25, 0.3) is 22.2 Å². The molecule has 0 unspecified atom stereocenters. The molecule has 3 aromatic rings. The van der Waals surface area contributed by atoms with Crippen LogP contribution in [0.4, 0.5) is 5.69 Å². The highest BCUT2D eigenvalue weighted by Crippen LogP contribution is 2.29. The third-order valence-electron chi connectivity index (χ3n) is 3.71. The quantitative estimate of drug-likeness (QED) is 0.523. The Kier molecular flexibility index (Phi) is 3.29. The van der Waals surface area contributed by atoms with Crippen LogP contribution in [0.1, 0.15) is 0 Å². The van der Waals surface area contributed by atoms with E-state index in [4.69, 9.17) is 0 Å². The molecule has 0 bridgehead atoms. The molecular weight excluding hydrogens is 300 g/mol. The molecule has 2 aromatic heterocycles. The molecule has 1 aromatic carbocycles. The molecule has 0 saturated heterocycles. The van der Waals surface area contributed by atoms with E-state index >= 15 is 0 Å². The summed E-state index contributed by atoms with van der Waals surface area (Å²) in [7, 11) is 2.89. The van der Waals surface area contributed by atoms with Crippen molar-refractivity contribution in [2.75, 3.05) is 0 Å². The van der Waals surface area contributed by atoms with Crippen molar-refractivity contribution < 1.29 is 4.92 Å². The van der Waals surface area contributed by atoms with Crippen LogP contribution in [-0.2, 0) is 14.1 Å². The van der Waals surface area contributed by atoms with E-state index < -0.39 is 16.2 Å². The largest absolute Gasteiger partial charge is 0.332 e. The number of nitrogens with zero attached hydrogens (tertiary/aromatic N) is 4. The van der Waals surface area contributed by atoms with Gasteiger partial charge in [-0.05, 0) is 12.1 Å². The number of hydrogen-bond donors (Lipinski definition) is 0. The fourth-order valence-corrected chi connectivity index (χ4v) is 2.49. The van der Waals surface area contributed by atoms with Crippen LogP contribution in [0.15, 0.2) is 46.1 Å². The Morgan fingerprint density at radius 3 is 2.52 bits per heavy atom. The summed E-state index contributed by atoms with van der Waals surface area (Å²) < 4.78 is 2.24. The maximum absolute atomic E-state index is 12.3. The van der Waals surface area contributed by atoms with E-state index in [0.29, 0.717) is 11.1 Å². The molecule has 0 aliphatic carbocycles. The molecule has 3 rings (SSSR count). The molecule has 0 aliphatic heterocycles. The normalized spacial score (nSPS) is 10.9. The standard InChI is InChI=1S/C15H12N4O4/c1-17-13-11(14(20)18(2)15(17)21)7-9(8-16-13)10-5-3-4-6-12(10)19(22)23/h3-8H,1-2H3. The third-order valence-corrected chi connectivity index (χ3v) is 3.71. The minimum atomic E-state index is -0.490. The fraction of sp³-hybridized carbons (Fsp3) is 0.133. The van der Waals surface area contributed by atoms with E-state index in [2.05, 4.69) is 4.98 Å². The third kappa shape index (κ3) is 2.20. The van der Waals surface area contributed by atoms with Gasteiger partial charge in [0.2, 0.25) is 0 Å². The maximum Gasteiger partial charge on any atom is 0.332 e. The predicted octanol–water partition coefficient (Wildman–Crippen LogP) is 1.21. The summed E-state index contributed by atoms with van der Waals surface area (Å²) in [6.45, 7) is 0. The lowest BCUT2D eigenvalue weighted by atomic mass is 10.0. The predicted molar refractivity (Wildman–Crippen MR) is 84.3 cm³/mol. The molecule has 2 heterocycles. The first-order valence-electron chi connectivity index (χ1n) is 6.71. The smallest absolute Gasteiger partial charge is 0.280 e. The number of fused-ring (bicyclic) bond motifs is 1. The van der Waals surface area contributed by atoms with Crippen molar-refractivity contribution in [1.82, 2.24) is 14.1 Å². The van der Waals surface area contributed by atoms with Gasteiger partial charge >= 0.3 is 5.69 Å². The van der Waals surface area contributed by atoms with Crippen LogP contribution in [0.2, 0.25) is 0 Å². The molecule has 0 fully saturated rings. The van der Waals surface area contributed by atoms with E-state index in [9.17, 15) is 19.7 Å². The van der Waals surface area contributed by atoms with Gasteiger partial charge in [0.05, 0.1) is 15.9 Å². The first kappa shape index (κ1) is 14.6. The molecule has 0 spiro atoms. The summed E-state index contributed by atoms with van der Waals surface area (Å²) in [5, 5.41) is 11.4. The number of hydrogen-bond acceptors (Lipinski definition) is 5. The number of rotatable bonds is 2. The van der Waals surface area contributed by atoms with Crippen LogP contribution in [-0.4, -0.2) is 19.0 Å². The summed E-state index contributed by atoms with van der Waals surface area (Å²) >= 11 is 0. The molecule has 116 valence electrons. The summed E-state index contributed by atoms with van der Waals surface area (Å²) in [6, 6.07) is 7.74. The molecule has 8 nitrogen and oxygen atoms in total. The lowest BCUT2D eigenvalue weighted by Crippen LogP contribution is -2.37. The lowest BCUT2D eigenvalue weighted by Gasteiger charge is -2.08. The summed E-state index contributed by atoms with van der Waals surface area (Å²) in [5.74, 6) is 0. The van der Waals surface area contributed by atoms with Crippen LogP contribution >= 0.6 is 0 Å². The van der Waals surface area contributed by atoms with E-state index in [1.807, 2.05) is 0 Å². The molecular formula is C15H12N4O4. The van der Waals surface area contributed by atoms with Crippen molar-refractivity contribution in [1.29, 1.82) is 0 Å². The summed E-state index contributed by atoms with van der Waals surface area (Å²) in [4.78, 5) is 39.0. The average Bonchev–Trinajstić information content (AvgIpc) is 2.57. The highest BCUT2D eigenvalue weighted by molar-refractivity contribution is 5.83. The molecule has 0 saturated carbocycles. The van der Waals surface area contributed by atoms with Crippen molar-refractivity contribution in [3.63, 3.8) is 0 Å². The Morgan fingerprint density at radius 1 is 1.13 bits per heavy atom. The van der Waals surface area contributed by atoms with Crippen molar-refractivity contribution in [2.45, 2.75) is 0 Å². The Labute approximate surface area is 129 Å². The van der Waals surface area contributed by atoms with Crippen LogP contribution in [0.5, 0.6) is 0 Å². The number of aryl methyl sites for hydroxylation is 1. The van der Waals surface area contributed by atoms with Crippen LogP contribution in [0, 0.1) is 10.1 Å². The monoisotopic (exact) mass is 312 g/mol. The Hall–Kier alpha value is -3.29. The maximum atomic E-state index is 12.3. The van der Waals surface area contributed by atoms with Crippen LogP contribution in [0.3, 0.4) is 0 Å². The van der Waals surface area contributed by atoms with Gasteiger partial charge in [-0.1, -0.05) is 12.1 Å². The second-order valence-electron chi connectivity index (χ2n) is 5.08. The Bertz CT molecular complexity index is 1070. The van der Waals surface area contributed by atoms with Gasteiger partial charge in [0.25, 0.3) is 11.2 Å². The summed E-state index contributed by atoms with van der Waals surface area (Å²) in [5.41, 5.74) is 0.00330. The number of para-hydroxylation sites is 1. The Morgan fingerprint density at radius 2 is 1.83 bits per heavy atom. The van der Waals surface area contributed by atoms with E-state index in [1.54, 1.807) is 18.2 Å². The van der Waals surface area contributed by atoms with Crippen molar-refractivity contribution in [3.8, 4) is 11.1 Å². The van der Waals surface area contributed by atoms with Gasteiger partial charge in [-0.3, -0.25) is 24.0 Å². The van der Waals surface area contributed by atoms with E-state index in [1.165, 1.54) is 37.0 Å². The zero-order chi connectivity index (χ0) is 16.7. The SMILES string of the molecule is Cn1c(=O)c2cc(-c3ccccc3[N+](=O)[O-])cnc2n(C)c1=O. The number of nitro benzene ring substituents is 1. The van der Waals surface area contributed by atoms with Crippen molar-refractivity contribution in [3.05, 3.63) is 67.5 Å². The molecule has 0 aliphatic rings. The highest BCUT2D eigenvalue weighted by atomic mass is 16.6. The van der Waals surface area contributed by atoms with Gasteiger partial charge in [0.1, 0.15) is 5.65 Å². The Balaban J connectivity index is 2.37. The van der Waals surface area contributed by atoms with Gasteiger partial charge in [0.15, 0.2) is 0 Å². The van der Waals surface area contributed by atoms with Gasteiger partial charge in [-0.15, -0.1) is 0 Å². The number of aromatic nitrogens is 3. The second-order valence-corrected chi connectivity index (χ2v) is 5.08. The number of benzene rings is 1. The van der Waals surface area contributed by atoms with Gasteiger partial charge < -0.3 is 0 Å². The zero-order valence-electron chi connectivity index (χ0n) is 12.4. The fourth-order valence-electron chi connectivity index (χ4n) is 2.49. The first-order valence-corrected chi connectivity index (χ1v) is 6.71. The molecule has 0 radical (unpaired) electrons. The van der Waals surface area contributed by atoms with Crippen LogP contribution < -0.4 is 11.2 Å². The number of pyridine rings is 1. The highest BCUT2D eigenvalue weighted by Gasteiger charge is 2.17. The average molecular weight is 312 g/mol. The summed E-state index contributed by atoms with van der Waals surface area (Å²) in [6.07, 6.45) is 1.42. The van der Waals surface area contributed by atoms with Gasteiger partial charge in [0, 0.05) is 31.9 Å². The van der Waals surface area contributed by atoms with E-state index in [-0.39, 0.29) is 16.7 Å². The van der Waals surface area contributed by atoms with E-state index in [0.717, 1.165) is 4.57 Å². The molecule has 23 heavy (non-hydrogen) atoms. The number of nitro groups is 1. The molecule has 0 amide bonds. The van der Waals surface area contributed by atoms with Crippen molar-refractivity contribution in [2.24, 2.45) is 14.1 Å². The minimum Gasteiger partial charge on any atom is -0.280 e. The molecule has 0 N–H and O–H groups in total. The minimum absolute atomic E-state index is 0.0738. The second kappa shape index (κ2) is 5.16. The zero-order valence-corrected chi connectivity index (χ0v) is 12.4. The molecule has 8 heteroatoms. The molecule has 0 atom stereocenters. The lowest BCUT2D eigenvalue weighted by molar-refractivity contribution is -0.384. The van der Waals surface area contributed by atoms with Crippen molar-refractivity contribution >= 4 is 16.7 Å².